The van der Waals surface area contributed by atoms with Gasteiger partial charge >= 0.3 is 0 Å². The molecule has 0 bridgehead atoms. The van der Waals surface area contributed by atoms with E-state index in [0.29, 0.717) is 17.5 Å². The van der Waals surface area contributed by atoms with E-state index in [0.717, 1.165) is 82.8 Å². The highest BCUT2D eigenvalue weighted by molar-refractivity contribution is 7.25. The first kappa shape index (κ1) is 31.9. The van der Waals surface area contributed by atoms with Gasteiger partial charge in [0.1, 0.15) is 22.3 Å². The van der Waals surface area contributed by atoms with Crippen molar-refractivity contribution >= 4 is 75.4 Å². The predicted octanol–water partition coefficient (Wildman–Crippen LogP) is 14.4. The van der Waals surface area contributed by atoms with E-state index in [1.54, 1.807) is 0 Å². The summed E-state index contributed by atoms with van der Waals surface area (Å²) >= 11 is 1.83. The molecule has 57 heavy (non-hydrogen) atoms. The van der Waals surface area contributed by atoms with Crippen LogP contribution >= 0.6 is 11.3 Å². The Labute approximate surface area is 330 Å². The molecule has 4 aromatic heterocycles. The fraction of sp³-hybridized carbons (Fsp3) is 0. The minimum atomic E-state index is 0.592. The van der Waals surface area contributed by atoms with Gasteiger partial charge in [0, 0.05) is 69.5 Å². The molecule has 6 heteroatoms. The first-order valence-electron chi connectivity index (χ1n) is 18.9. The highest BCUT2D eigenvalue weighted by Crippen LogP contribution is 2.44. The maximum Gasteiger partial charge on any atom is 0.164 e. The van der Waals surface area contributed by atoms with E-state index in [1.165, 1.54) is 20.2 Å². The third-order valence-corrected chi connectivity index (χ3v) is 12.1. The Balaban J connectivity index is 0.996. The van der Waals surface area contributed by atoms with E-state index < -0.39 is 0 Å². The molecule has 8 aromatic carbocycles. The van der Waals surface area contributed by atoms with Gasteiger partial charge in [0.05, 0.1) is 0 Å². The van der Waals surface area contributed by atoms with Crippen molar-refractivity contribution in [2.45, 2.75) is 0 Å². The van der Waals surface area contributed by atoms with Crippen LogP contribution in [-0.2, 0) is 0 Å². The van der Waals surface area contributed by atoms with Crippen LogP contribution in [0.1, 0.15) is 0 Å². The Kier molecular flexibility index (Phi) is 7.03. The maximum atomic E-state index is 6.90. The van der Waals surface area contributed by atoms with E-state index in [9.17, 15) is 0 Å². The molecule has 0 aliphatic rings. The highest BCUT2D eigenvalue weighted by atomic mass is 32.1. The zero-order valence-corrected chi connectivity index (χ0v) is 31.1. The molecule has 0 N–H and O–H groups in total. The number of hydrogen-bond acceptors (Lipinski definition) is 6. The van der Waals surface area contributed by atoms with Crippen molar-refractivity contribution in [1.29, 1.82) is 0 Å². The predicted molar refractivity (Wildman–Crippen MR) is 234 cm³/mol. The number of furan rings is 2. The van der Waals surface area contributed by atoms with Crippen LogP contribution in [0.2, 0.25) is 0 Å². The molecular formula is C51H29N3O2S. The lowest BCUT2D eigenvalue weighted by atomic mass is 9.98. The third kappa shape index (κ3) is 5.12. The molecule has 5 nitrogen and oxygen atoms in total. The van der Waals surface area contributed by atoms with E-state index in [1.807, 2.05) is 84.1 Å². The Morgan fingerprint density at radius 2 is 0.895 bits per heavy atom. The molecule has 266 valence electrons. The molecule has 0 amide bonds. The first-order valence-corrected chi connectivity index (χ1v) is 19.7. The van der Waals surface area contributed by atoms with Crippen molar-refractivity contribution in [3.63, 3.8) is 0 Å². The molecule has 0 radical (unpaired) electrons. The number of hydrogen-bond donors (Lipinski definition) is 0. The van der Waals surface area contributed by atoms with Crippen LogP contribution < -0.4 is 0 Å². The molecule has 0 fully saturated rings. The lowest BCUT2D eigenvalue weighted by Crippen LogP contribution is -2.00. The van der Waals surface area contributed by atoms with Gasteiger partial charge in [-0.05, 0) is 47.5 Å². The van der Waals surface area contributed by atoms with Crippen molar-refractivity contribution in [1.82, 2.24) is 15.0 Å². The van der Waals surface area contributed by atoms with Crippen LogP contribution in [-0.4, -0.2) is 15.0 Å². The quantitative estimate of drug-likeness (QED) is 0.175. The Hall–Kier alpha value is -7.41. The smallest absolute Gasteiger partial charge is 0.164 e. The molecule has 4 heterocycles. The molecule has 0 spiro atoms. The monoisotopic (exact) mass is 747 g/mol. The summed E-state index contributed by atoms with van der Waals surface area (Å²) in [6.07, 6.45) is 0. The van der Waals surface area contributed by atoms with Crippen LogP contribution in [0.25, 0.3) is 120 Å². The molecule has 0 saturated heterocycles. The summed E-state index contributed by atoms with van der Waals surface area (Å²) in [5.41, 5.74) is 10.3. The van der Waals surface area contributed by atoms with Crippen molar-refractivity contribution in [2.75, 3.05) is 0 Å². The molecular weight excluding hydrogens is 719 g/mol. The van der Waals surface area contributed by atoms with Gasteiger partial charge in [-0.3, -0.25) is 0 Å². The molecule has 12 rings (SSSR count). The summed E-state index contributed by atoms with van der Waals surface area (Å²) in [6, 6.07) is 60.8. The zero-order chi connectivity index (χ0) is 37.5. The largest absolute Gasteiger partial charge is 0.456 e. The van der Waals surface area contributed by atoms with Gasteiger partial charge in [-0.1, -0.05) is 140 Å². The summed E-state index contributed by atoms with van der Waals surface area (Å²) in [5.74, 6) is 1.83. The van der Waals surface area contributed by atoms with Crippen molar-refractivity contribution in [3.8, 4) is 56.4 Å². The minimum Gasteiger partial charge on any atom is -0.456 e. The van der Waals surface area contributed by atoms with Crippen molar-refractivity contribution in [3.05, 3.63) is 176 Å². The Morgan fingerprint density at radius 3 is 1.61 bits per heavy atom. The standard InChI is InChI=1S/C51H29N3O2S/c1-3-12-30(13-4-1)49-52-50(31-14-5-2-6-15-31)54-51(53-49)40-21-11-22-42-46(40)39-26-24-33(29-43(39)55-42)35-18-10-20-38-37-19-9-17-34(47(37)56-48(35)38)32-25-27-45-41(28-32)36-16-7-8-23-44(36)57-45/h1-29H. The number of rotatable bonds is 5. The lowest BCUT2D eigenvalue weighted by molar-refractivity contribution is 0.668. The summed E-state index contributed by atoms with van der Waals surface area (Å²) < 4.78 is 16.1. The van der Waals surface area contributed by atoms with Crippen LogP contribution in [0.5, 0.6) is 0 Å². The van der Waals surface area contributed by atoms with Gasteiger partial charge in [-0.15, -0.1) is 11.3 Å². The summed E-state index contributed by atoms with van der Waals surface area (Å²) in [7, 11) is 0. The molecule has 0 unspecified atom stereocenters. The fourth-order valence-electron chi connectivity index (χ4n) is 8.28. The molecule has 0 atom stereocenters. The second-order valence-corrected chi connectivity index (χ2v) is 15.4. The van der Waals surface area contributed by atoms with Gasteiger partial charge < -0.3 is 8.83 Å². The number of benzene rings is 8. The summed E-state index contributed by atoms with van der Waals surface area (Å²) in [4.78, 5) is 15.0. The fourth-order valence-corrected chi connectivity index (χ4v) is 9.36. The molecule has 0 saturated carbocycles. The maximum absolute atomic E-state index is 6.90. The topological polar surface area (TPSA) is 65.0 Å². The number of nitrogens with zero attached hydrogens (tertiary/aromatic N) is 3. The van der Waals surface area contributed by atoms with Gasteiger partial charge in [0.15, 0.2) is 17.5 Å². The van der Waals surface area contributed by atoms with Crippen LogP contribution in [0.15, 0.2) is 185 Å². The van der Waals surface area contributed by atoms with Crippen LogP contribution in [0.4, 0.5) is 0 Å². The van der Waals surface area contributed by atoms with E-state index in [-0.39, 0.29) is 0 Å². The number of fused-ring (bicyclic) bond motifs is 9. The third-order valence-electron chi connectivity index (χ3n) is 11.0. The Morgan fingerprint density at radius 1 is 0.333 bits per heavy atom. The SMILES string of the molecule is c1ccc(-c2nc(-c3ccccc3)nc(-c3cccc4oc5cc(-c6cccc7c6oc6c(-c8ccc9sc%10ccccc%10c9c8)cccc67)ccc5c34)n2)cc1. The van der Waals surface area contributed by atoms with Gasteiger partial charge in [-0.2, -0.15) is 0 Å². The number of aromatic nitrogens is 3. The van der Waals surface area contributed by atoms with Gasteiger partial charge in [0.2, 0.25) is 0 Å². The molecule has 12 aromatic rings. The molecule has 0 aliphatic heterocycles. The summed E-state index contributed by atoms with van der Waals surface area (Å²) in [5, 5.41) is 6.68. The van der Waals surface area contributed by atoms with E-state index in [2.05, 4.69) is 103 Å². The van der Waals surface area contributed by atoms with Gasteiger partial charge in [-0.25, -0.2) is 15.0 Å². The second-order valence-electron chi connectivity index (χ2n) is 14.3. The van der Waals surface area contributed by atoms with E-state index >= 15 is 0 Å². The van der Waals surface area contributed by atoms with E-state index in [4.69, 9.17) is 23.8 Å². The van der Waals surface area contributed by atoms with Crippen LogP contribution in [0, 0.1) is 0 Å². The van der Waals surface area contributed by atoms with Crippen molar-refractivity contribution in [2.24, 2.45) is 0 Å². The normalized spacial score (nSPS) is 11.9. The Bertz CT molecular complexity index is 3470. The zero-order valence-electron chi connectivity index (χ0n) is 30.3. The van der Waals surface area contributed by atoms with Crippen molar-refractivity contribution < 1.29 is 8.83 Å². The van der Waals surface area contributed by atoms with Crippen LogP contribution in [0.3, 0.4) is 0 Å². The lowest BCUT2D eigenvalue weighted by Gasteiger charge is -2.09. The van der Waals surface area contributed by atoms with Gasteiger partial charge in [0.25, 0.3) is 0 Å². The summed E-state index contributed by atoms with van der Waals surface area (Å²) in [6.45, 7) is 0. The average Bonchev–Trinajstić information content (AvgIpc) is 3.97. The first-order chi connectivity index (χ1) is 28.2. The number of thiophene rings is 1. The highest BCUT2D eigenvalue weighted by Gasteiger charge is 2.20. The average molecular weight is 748 g/mol. The second kappa shape index (κ2) is 12.6. The molecule has 0 aliphatic carbocycles. The minimum absolute atomic E-state index is 0.592. The number of para-hydroxylation sites is 2.